The van der Waals surface area contributed by atoms with Crippen LogP contribution in [0.15, 0.2) is 100 Å². The Balaban J connectivity index is 1.59. The Hall–Kier alpha value is -0.895. The first kappa shape index (κ1) is 32.1. The Labute approximate surface area is 312 Å². The molecule has 3 aromatic carbocycles. The summed E-state index contributed by atoms with van der Waals surface area (Å²) < 4.78 is 9.63. The molecule has 0 aliphatic carbocycles. The number of halogens is 9. The van der Waals surface area contributed by atoms with Crippen molar-refractivity contribution in [1.29, 1.82) is 0 Å². The fraction of sp³-hybridized carbons (Fsp3) is 0. The van der Waals surface area contributed by atoms with Crippen molar-refractivity contribution in [3.05, 3.63) is 115 Å². The maximum Gasteiger partial charge on any atom is 0.571 e. The van der Waals surface area contributed by atoms with E-state index >= 15 is 0 Å². The molecule has 0 radical (unpaired) electrons. The van der Waals surface area contributed by atoms with Gasteiger partial charge in [0.05, 0.1) is 13.4 Å². The van der Waals surface area contributed by atoms with E-state index in [1.54, 1.807) is 13.8 Å². The molecule has 3 aromatic heterocycles. The van der Waals surface area contributed by atoms with Crippen molar-refractivity contribution in [3.8, 4) is 33.8 Å². The van der Waals surface area contributed by atoms with Gasteiger partial charge in [0.2, 0.25) is 0 Å². The minimum absolute atomic E-state index is 0.636. The molecule has 216 valence electrons. The maximum absolute atomic E-state index is 6.17. The molecule has 0 amide bonds. The molecule has 0 aliphatic rings. The normalized spacial score (nSPS) is 11.4. The lowest BCUT2D eigenvalue weighted by atomic mass is 9.96. The van der Waals surface area contributed by atoms with Gasteiger partial charge in [0.1, 0.15) is 30.9 Å². The molecule has 43 heavy (non-hydrogen) atoms. The Bertz CT molecular complexity index is 1750. The molecule has 0 aliphatic heterocycles. The van der Waals surface area contributed by atoms with E-state index in [-0.39, 0.29) is 0 Å². The summed E-state index contributed by atoms with van der Waals surface area (Å²) in [7, 11) is -0.745. The second-order valence-electron chi connectivity index (χ2n) is 9.06. The molecule has 0 saturated carbocycles. The van der Waals surface area contributed by atoms with Crippen molar-refractivity contribution < 1.29 is 0 Å². The van der Waals surface area contributed by atoms with Gasteiger partial charge in [-0.2, -0.15) is 15.3 Å². The molecular formula is C27H12BBr6Cl3N6. The van der Waals surface area contributed by atoms with Gasteiger partial charge in [0, 0.05) is 31.8 Å². The topological polar surface area (TPSA) is 53.5 Å². The zero-order valence-electron chi connectivity index (χ0n) is 21.1. The van der Waals surface area contributed by atoms with E-state index in [0.29, 0.717) is 46.0 Å². The van der Waals surface area contributed by atoms with Crippen LogP contribution in [0, 0.1) is 0 Å². The minimum Gasteiger partial charge on any atom is -0.253 e. The average Bonchev–Trinajstić information content (AvgIpc) is 3.57. The Morgan fingerprint density at radius 1 is 0.419 bits per heavy atom. The van der Waals surface area contributed by atoms with E-state index in [1.807, 2.05) is 72.8 Å². The molecule has 3 heterocycles. The lowest BCUT2D eigenvalue weighted by Crippen LogP contribution is -2.44. The third-order valence-corrected chi connectivity index (χ3v) is 13.3. The second kappa shape index (κ2) is 13.1. The Kier molecular flexibility index (Phi) is 9.75. The van der Waals surface area contributed by atoms with Gasteiger partial charge >= 0.3 is 7.12 Å². The van der Waals surface area contributed by atoms with Crippen molar-refractivity contribution in [3.63, 3.8) is 0 Å². The summed E-state index contributed by atoms with van der Waals surface area (Å²) in [6.45, 7) is 0. The predicted octanol–water partition coefficient (Wildman–Crippen LogP) is 11.7. The first-order valence-corrected chi connectivity index (χ1v) is 18.0. The first-order chi connectivity index (χ1) is 20.5. The molecule has 0 unspecified atom stereocenters. The van der Waals surface area contributed by atoms with E-state index < -0.39 is 7.12 Å². The van der Waals surface area contributed by atoms with Crippen LogP contribution in [-0.4, -0.2) is 36.2 Å². The van der Waals surface area contributed by atoms with Gasteiger partial charge in [0.15, 0.2) is 0 Å². The first-order valence-electron chi connectivity index (χ1n) is 12.1. The number of benzene rings is 3. The van der Waals surface area contributed by atoms with Crippen LogP contribution in [0.4, 0.5) is 0 Å². The van der Waals surface area contributed by atoms with Crippen LogP contribution >= 0.6 is 130 Å². The van der Waals surface area contributed by atoms with Gasteiger partial charge in [0.25, 0.3) is 0 Å². The van der Waals surface area contributed by atoms with Crippen molar-refractivity contribution in [1.82, 2.24) is 29.1 Å². The highest BCUT2D eigenvalue weighted by Crippen LogP contribution is 2.40. The predicted molar refractivity (Wildman–Crippen MR) is 196 cm³/mol. The fourth-order valence-corrected chi connectivity index (χ4v) is 7.53. The van der Waals surface area contributed by atoms with Gasteiger partial charge in [-0.3, -0.25) is 13.8 Å². The van der Waals surface area contributed by atoms with Crippen molar-refractivity contribution in [2.45, 2.75) is 0 Å². The van der Waals surface area contributed by atoms with Crippen LogP contribution in [0.25, 0.3) is 33.8 Å². The van der Waals surface area contributed by atoms with Gasteiger partial charge in [-0.1, -0.05) is 71.2 Å². The highest BCUT2D eigenvalue weighted by atomic mass is 79.9. The monoisotopic (exact) mass is 1010 g/mol. The van der Waals surface area contributed by atoms with Crippen LogP contribution in [0.1, 0.15) is 0 Å². The molecule has 0 atom stereocenters. The Morgan fingerprint density at radius 3 is 0.884 bits per heavy atom. The number of hydrogen-bond donors (Lipinski definition) is 0. The summed E-state index contributed by atoms with van der Waals surface area (Å²) in [5.74, 6) is 0. The molecular weight excluding hydrogens is 1000 g/mol. The van der Waals surface area contributed by atoms with Gasteiger partial charge < -0.3 is 0 Å². The van der Waals surface area contributed by atoms with Gasteiger partial charge in [-0.05, 0) is 132 Å². The zero-order valence-corrected chi connectivity index (χ0v) is 32.9. The summed E-state index contributed by atoms with van der Waals surface area (Å²) in [5, 5.41) is 17.0. The van der Waals surface area contributed by atoms with E-state index in [2.05, 4.69) is 95.6 Å². The van der Waals surface area contributed by atoms with Gasteiger partial charge in [-0.25, -0.2) is 0 Å². The van der Waals surface area contributed by atoms with Gasteiger partial charge in [-0.15, -0.1) is 0 Å². The largest absolute Gasteiger partial charge is 0.571 e. The molecule has 6 nitrogen and oxygen atoms in total. The van der Waals surface area contributed by atoms with Crippen molar-refractivity contribution >= 4 is 138 Å². The molecule has 6 rings (SSSR count). The van der Waals surface area contributed by atoms with Crippen LogP contribution in [0.2, 0.25) is 15.1 Å². The van der Waals surface area contributed by atoms with E-state index in [1.165, 1.54) is 0 Å². The smallest absolute Gasteiger partial charge is 0.253 e. The third kappa shape index (κ3) is 6.15. The molecule has 16 heteroatoms. The standard InChI is InChI=1S/C27H12BBr6Cl3N6/c29-19-22(13-1-7-16(35)8-2-13)38-41(25(19)32)28(42-26(33)20(30)23(39-42)14-3-9-17(36)10-4-14)43-27(34)21(31)24(40-43)15-5-11-18(37)12-6-15/h1-12H. The quantitative estimate of drug-likeness (QED) is 0.156. The summed E-state index contributed by atoms with van der Waals surface area (Å²) in [6, 6.07) is 22.5. The number of nitrogens with zero attached hydrogens (tertiary/aromatic N) is 6. The molecule has 0 bridgehead atoms. The van der Waals surface area contributed by atoms with E-state index in [9.17, 15) is 0 Å². The molecule has 0 N–H and O–H groups in total. The number of aromatic nitrogens is 6. The zero-order chi connectivity index (χ0) is 30.6. The number of hydrogen-bond acceptors (Lipinski definition) is 3. The SMILES string of the molecule is Clc1ccc(-c2nn(B(n3nc(-c4ccc(Cl)cc4)c(Br)c3Br)n3nc(-c4ccc(Cl)cc4)c(Br)c3Br)c(Br)c2Br)cc1. The third-order valence-electron chi connectivity index (χ3n) is 6.40. The van der Waals surface area contributed by atoms with Crippen LogP contribution < -0.4 is 0 Å². The summed E-state index contributed by atoms with van der Waals surface area (Å²) >= 11 is 41.1. The van der Waals surface area contributed by atoms with Crippen LogP contribution in [0.5, 0.6) is 0 Å². The number of rotatable bonds is 6. The maximum atomic E-state index is 6.17. The van der Waals surface area contributed by atoms with Crippen LogP contribution in [-0.2, 0) is 0 Å². The molecule has 0 spiro atoms. The molecule has 0 saturated heterocycles. The molecule has 0 fully saturated rings. The highest BCUT2D eigenvalue weighted by molar-refractivity contribution is 9.13. The second-order valence-corrected chi connectivity index (χ2v) is 15.0. The van der Waals surface area contributed by atoms with E-state index in [4.69, 9.17) is 50.1 Å². The van der Waals surface area contributed by atoms with Crippen molar-refractivity contribution in [2.24, 2.45) is 0 Å². The Morgan fingerprint density at radius 2 is 0.651 bits per heavy atom. The molecule has 6 aromatic rings. The summed E-state index contributed by atoms with van der Waals surface area (Å²) in [4.78, 5) is 0. The minimum atomic E-state index is -0.745. The van der Waals surface area contributed by atoms with E-state index in [0.717, 1.165) is 30.1 Å². The summed E-state index contributed by atoms with van der Waals surface area (Å²) in [6.07, 6.45) is 0. The van der Waals surface area contributed by atoms with Crippen LogP contribution in [0.3, 0.4) is 0 Å². The highest BCUT2D eigenvalue weighted by Gasteiger charge is 2.38. The fourth-order valence-electron chi connectivity index (χ4n) is 4.33. The summed E-state index contributed by atoms with van der Waals surface area (Å²) in [5.41, 5.74) is 4.73. The lowest BCUT2D eigenvalue weighted by Gasteiger charge is -2.17. The average molecular weight is 1020 g/mol. The lowest BCUT2D eigenvalue weighted by molar-refractivity contribution is 0.753. The van der Waals surface area contributed by atoms with Crippen molar-refractivity contribution in [2.75, 3.05) is 0 Å².